The summed E-state index contributed by atoms with van der Waals surface area (Å²) in [5.74, 6) is 0. The van der Waals surface area contributed by atoms with Crippen molar-refractivity contribution in [2.24, 2.45) is 0 Å². The highest BCUT2D eigenvalue weighted by atomic mass is 14.7. The number of benzene rings is 2. The lowest BCUT2D eigenvalue weighted by Gasteiger charge is -2.01. The summed E-state index contributed by atoms with van der Waals surface area (Å²) in [4.78, 5) is 3.32. The summed E-state index contributed by atoms with van der Waals surface area (Å²) in [7, 11) is 0. The van der Waals surface area contributed by atoms with Gasteiger partial charge in [-0.25, -0.2) is 0 Å². The second-order valence-corrected chi connectivity index (χ2v) is 4.53. The van der Waals surface area contributed by atoms with Crippen LogP contribution in [0.25, 0.3) is 10.9 Å². The summed E-state index contributed by atoms with van der Waals surface area (Å²) >= 11 is 0. The van der Waals surface area contributed by atoms with E-state index in [0.29, 0.717) is 0 Å². The maximum absolute atomic E-state index is 3.32. The Labute approximate surface area is 101 Å². The number of aromatic nitrogens is 1. The van der Waals surface area contributed by atoms with E-state index < -0.39 is 0 Å². The molecule has 84 valence electrons. The Morgan fingerprint density at radius 3 is 2.76 bits per heavy atom. The van der Waals surface area contributed by atoms with Crippen molar-refractivity contribution in [3.8, 4) is 0 Å². The fourth-order valence-electron chi connectivity index (χ4n) is 2.32. The van der Waals surface area contributed by atoms with Crippen LogP contribution in [0.1, 0.15) is 16.7 Å². The van der Waals surface area contributed by atoms with Crippen molar-refractivity contribution >= 4 is 10.9 Å². The molecular weight excluding hydrogens is 206 g/mol. The Kier molecular flexibility index (Phi) is 2.45. The molecule has 1 nitrogen and oxygen atoms in total. The zero-order valence-electron chi connectivity index (χ0n) is 9.90. The number of aryl methyl sites for hydroxylation is 1. The van der Waals surface area contributed by atoms with Gasteiger partial charge >= 0.3 is 0 Å². The molecule has 0 fully saturated rings. The number of hydrogen-bond acceptors (Lipinski definition) is 0. The highest BCUT2D eigenvalue weighted by Crippen LogP contribution is 2.20. The second-order valence-electron chi connectivity index (χ2n) is 4.53. The topological polar surface area (TPSA) is 15.8 Å². The highest BCUT2D eigenvalue weighted by Gasteiger charge is 2.03. The molecule has 0 amide bonds. The lowest BCUT2D eigenvalue weighted by Crippen LogP contribution is -1.87. The molecule has 0 bridgehead atoms. The molecule has 0 spiro atoms. The predicted molar refractivity (Wildman–Crippen MR) is 72.3 cm³/mol. The zero-order chi connectivity index (χ0) is 11.7. The molecule has 0 atom stereocenters. The SMILES string of the molecule is Cc1cccc(Cc2c[nH]c3ccccc23)c1. The molecule has 3 aromatic rings. The molecule has 0 aliphatic heterocycles. The van der Waals surface area contributed by atoms with Crippen LogP contribution < -0.4 is 0 Å². The lowest BCUT2D eigenvalue weighted by atomic mass is 10.0. The normalized spacial score (nSPS) is 10.9. The average Bonchev–Trinajstić information content (AvgIpc) is 2.73. The Hall–Kier alpha value is -2.02. The highest BCUT2D eigenvalue weighted by molar-refractivity contribution is 5.83. The van der Waals surface area contributed by atoms with Gasteiger partial charge in [-0.05, 0) is 30.5 Å². The van der Waals surface area contributed by atoms with Crippen LogP contribution in [-0.4, -0.2) is 4.98 Å². The van der Waals surface area contributed by atoms with Gasteiger partial charge in [-0.3, -0.25) is 0 Å². The van der Waals surface area contributed by atoms with Crippen LogP contribution in [0.2, 0.25) is 0 Å². The summed E-state index contributed by atoms with van der Waals surface area (Å²) in [6, 6.07) is 17.2. The number of aromatic amines is 1. The van der Waals surface area contributed by atoms with Crippen LogP contribution >= 0.6 is 0 Å². The van der Waals surface area contributed by atoms with Crippen molar-refractivity contribution in [3.05, 3.63) is 71.4 Å². The predicted octanol–water partition coefficient (Wildman–Crippen LogP) is 4.07. The van der Waals surface area contributed by atoms with Gasteiger partial charge < -0.3 is 4.98 Å². The van der Waals surface area contributed by atoms with Gasteiger partial charge in [0.25, 0.3) is 0 Å². The smallest absolute Gasteiger partial charge is 0.0456 e. The van der Waals surface area contributed by atoms with E-state index in [1.807, 2.05) is 0 Å². The van der Waals surface area contributed by atoms with E-state index >= 15 is 0 Å². The van der Waals surface area contributed by atoms with Crippen LogP contribution in [-0.2, 0) is 6.42 Å². The van der Waals surface area contributed by atoms with Crippen LogP contribution in [0.4, 0.5) is 0 Å². The second kappa shape index (κ2) is 4.10. The minimum atomic E-state index is 0.992. The minimum absolute atomic E-state index is 0.992. The van der Waals surface area contributed by atoms with Gasteiger partial charge in [0.1, 0.15) is 0 Å². The molecular formula is C16H15N. The summed E-state index contributed by atoms with van der Waals surface area (Å²) in [5, 5.41) is 1.33. The van der Waals surface area contributed by atoms with Gasteiger partial charge in [0.15, 0.2) is 0 Å². The first-order chi connectivity index (χ1) is 8.33. The molecule has 0 radical (unpaired) electrons. The van der Waals surface area contributed by atoms with Crippen molar-refractivity contribution in [1.29, 1.82) is 0 Å². The van der Waals surface area contributed by atoms with Crippen molar-refractivity contribution in [3.63, 3.8) is 0 Å². The fourth-order valence-corrected chi connectivity index (χ4v) is 2.32. The summed E-state index contributed by atoms with van der Waals surface area (Å²) in [6.45, 7) is 2.14. The molecule has 17 heavy (non-hydrogen) atoms. The van der Waals surface area contributed by atoms with E-state index in [0.717, 1.165) is 6.42 Å². The van der Waals surface area contributed by atoms with Crippen molar-refractivity contribution in [1.82, 2.24) is 4.98 Å². The number of rotatable bonds is 2. The maximum atomic E-state index is 3.32. The lowest BCUT2D eigenvalue weighted by molar-refractivity contribution is 1.19. The summed E-state index contributed by atoms with van der Waals surface area (Å²) in [5.41, 5.74) is 5.28. The van der Waals surface area contributed by atoms with E-state index in [1.165, 1.54) is 27.6 Å². The molecule has 1 heteroatoms. The van der Waals surface area contributed by atoms with Gasteiger partial charge in [0.2, 0.25) is 0 Å². The first-order valence-corrected chi connectivity index (χ1v) is 5.93. The Morgan fingerprint density at radius 1 is 1.00 bits per heavy atom. The molecule has 0 aliphatic carbocycles. The van der Waals surface area contributed by atoms with E-state index in [-0.39, 0.29) is 0 Å². The van der Waals surface area contributed by atoms with Crippen molar-refractivity contribution in [2.45, 2.75) is 13.3 Å². The number of hydrogen-bond donors (Lipinski definition) is 1. The van der Waals surface area contributed by atoms with E-state index in [4.69, 9.17) is 0 Å². The van der Waals surface area contributed by atoms with Crippen molar-refractivity contribution < 1.29 is 0 Å². The monoisotopic (exact) mass is 221 g/mol. The van der Waals surface area contributed by atoms with Crippen LogP contribution in [0.15, 0.2) is 54.7 Å². The standard InChI is InChI=1S/C16H15N/c1-12-5-4-6-13(9-12)10-14-11-17-16-8-3-2-7-15(14)16/h2-9,11,17H,10H2,1H3. The third kappa shape index (κ3) is 1.96. The van der Waals surface area contributed by atoms with Crippen molar-refractivity contribution in [2.75, 3.05) is 0 Å². The third-order valence-electron chi connectivity index (χ3n) is 3.15. The Bertz CT molecular complexity index is 649. The molecule has 0 saturated carbocycles. The maximum Gasteiger partial charge on any atom is 0.0456 e. The first-order valence-electron chi connectivity index (χ1n) is 5.93. The minimum Gasteiger partial charge on any atom is -0.361 e. The van der Waals surface area contributed by atoms with E-state index in [9.17, 15) is 0 Å². The van der Waals surface area contributed by atoms with Gasteiger partial charge in [-0.1, -0.05) is 48.0 Å². The summed E-state index contributed by atoms with van der Waals surface area (Å²) < 4.78 is 0. The molecule has 1 N–H and O–H groups in total. The fraction of sp³-hybridized carbons (Fsp3) is 0.125. The largest absolute Gasteiger partial charge is 0.361 e. The van der Waals surface area contributed by atoms with Crippen LogP contribution in [0.3, 0.4) is 0 Å². The number of H-pyrrole nitrogens is 1. The number of nitrogens with one attached hydrogen (secondary N) is 1. The van der Waals surface area contributed by atoms with E-state index in [2.05, 4.69) is 66.6 Å². The van der Waals surface area contributed by atoms with Crippen LogP contribution in [0.5, 0.6) is 0 Å². The Balaban J connectivity index is 2.00. The van der Waals surface area contributed by atoms with Gasteiger partial charge in [-0.2, -0.15) is 0 Å². The Morgan fingerprint density at radius 2 is 1.88 bits per heavy atom. The van der Waals surface area contributed by atoms with Gasteiger partial charge in [-0.15, -0.1) is 0 Å². The molecule has 0 aliphatic rings. The number of para-hydroxylation sites is 1. The molecule has 3 rings (SSSR count). The molecule has 1 heterocycles. The third-order valence-corrected chi connectivity index (χ3v) is 3.15. The number of fused-ring (bicyclic) bond motifs is 1. The van der Waals surface area contributed by atoms with Crippen LogP contribution in [0, 0.1) is 6.92 Å². The first kappa shape index (κ1) is 10.2. The summed E-state index contributed by atoms with van der Waals surface area (Å²) in [6.07, 6.45) is 3.11. The molecule has 2 aromatic carbocycles. The quantitative estimate of drug-likeness (QED) is 0.671. The van der Waals surface area contributed by atoms with Gasteiger partial charge in [0.05, 0.1) is 0 Å². The van der Waals surface area contributed by atoms with Gasteiger partial charge in [0, 0.05) is 17.1 Å². The average molecular weight is 221 g/mol. The molecule has 1 aromatic heterocycles. The zero-order valence-corrected chi connectivity index (χ0v) is 9.90. The molecule has 0 unspecified atom stereocenters. The van der Waals surface area contributed by atoms with E-state index in [1.54, 1.807) is 0 Å². The molecule has 0 saturated heterocycles.